The van der Waals surface area contributed by atoms with E-state index in [1.165, 1.54) is 32.1 Å². The average Bonchev–Trinajstić information content (AvgIpc) is 2.37. The molecule has 0 radical (unpaired) electrons. The Bertz CT molecular complexity index is 394. The summed E-state index contributed by atoms with van der Waals surface area (Å²) in [5.74, 6) is 1.78. The van der Waals surface area contributed by atoms with Crippen LogP contribution in [0.3, 0.4) is 0 Å². The van der Waals surface area contributed by atoms with Crippen molar-refractivity contribution in [2.45, 2.75) is 58.5 Å². The summed E-state index contributed by atoms with van der Waals surface area (Å²) in [6, 6.07) is 2.48. The molecule has 1 fully saturated rings. The number of hydrogen-bond donors (Lipinski definition) is 0. The molecule has 0 aliphatic heterocycles. The Morgan fingerprint density at radius 1 is 1.26 bits per heavy atom. The highest BCUT2D eigenvalue weighted by Crippen LogP contribution is 2.29. The van der Waals surface area contributed by atoms with Crippen LogP contribution in [-0.2, 0) is 6.54 Å². The lowest BCUT2D eigenvalue weighted by Crippen LogP contribution is -2.35. The van der Waals surface area contributed by atoms with Gasteiger partial charge in [-0.05, 0) is 51.6 Å². The smallest absolute Gasteiger partial charge is 0.144 e. The van der Waals surface area contributed by atoms with Gasteiger partial charge in [-0.15, -0.1) is 0 Å². The molecule has 1 saturated carbocycles. The van der Waals surface area contributed by atoms with E-state index >= 15 is 0 Å². The third kappa shape index (κ3) is 4.15. The Balaban J connectivity index is 1.92. The van der Waals surface area contributed by atoms with Gasteiger partial charge in [-0.3, -0.25) is 4.90 Å². The van der Waals surface area contributed by atoms with Crippen molar-refractivity contribution < 1.29 is 0 Å². The van der Waals surface area contributed by atoms with Crippen LogP contribution in [0, 0.1) is 12.8 Å². The summed E-state index contributed by atoms with van der Waals surface area (Å²) in [5, 5.41) is 0.547. The molecular weight excluding hydrogens is 258 g/mol. The molecule has 0 saturated heterocycles. The van der Waals surface area contributed by atoms with Crippen molar-refractivity contribution in [3.8, 4) is 0 Å². The third-order valence-corrected chi connectivity index (χ3v) is 4.47. The number of halogens is 1. The Hall–Kier alpha value is -0.670. The highest BCUT2D eigenvalue weighted by atomic mass is 35.5. The van der Waals surface area contributed by atoms with E-state index in [2.05, 4.69) is 28.8 Å². The monoisotopic (exact) mass is 281 g/mol. The van der Waals surface area contributed by atoms with Crippen molar-refractivity contribution in [1.29, 1.82) is 0 Å². The fourth-order valence-electron chi connectivity index (χ4n) is 3.01. The van der Waals surface area contributed by atoms with Gasteiger partial charge in [0.2, 0.25) is 0 Å². The summed E-state index contributed by atoms with van der Waals surface area (Å²) in [5.41, 5.74) is 0.943. The third-order valence-electron chi connectivity index (χ3n) is 4.28. The van der Waals surface area contributed by atoms with Gasteiger partial charge in [-0.2, -0.15) is 0 Å². The lowest BCUT2D eigenvalue weighted by Gasteiger charge is -2.34. The molecule has 0 bridgehead atoms. The molecule has 19 heavy (non-hydrogen) atoms. The molecule has 4 heteroatoms. The van der Waals surface area contributed by atoms with Gasteiger partial charge in [0.15, 0.2) is 0 Å². The molecule has 1 aromatic heterocycles. The van der Waals surface area contributed by atoms with Gasteiger partial charge in [0, 0.05) is 11.7 Å². The number of rotatable bonds is 4. The second kappa shape index (κ2) is 6.67. The Kier molecular flexibility index (Phi) is 5.17. The van der Waals surface area contributed by atoms with Gasteiger partial charge in [-0.25, -0.2) is 9.97 Å². The zero-order valence-electron chi connectivity index (χ0n) is 12.2. The first-order valence-electron chi connectivity index (χ1n) is 7.28. The molecule has 0 atom stereocenters. The molecule has 0 amide bonds. The van der Waals surface area contributed by atoms with Gasteiger partial charge in [0.1, 0.15) is 11.0 Å². The van der Waals surface area contributed by atoms with Crippen LogP contribution >= 0.6 is 11.6 Å². The van der Waals surface area contributed by atoms with Crippen LogP contribution in [0.1, 0.15) is 50.5 Å². The molecule has 0 spiro atoms. The zero-order valence-corrected chi connectivity index (χ0v) is 13.0. The molecule has 3 nitrogen and oxygen atoms in total. The maximum atomic E-state index is 5.99. The molecule has 0 N–H and O–H groups in total. The van der Waals surface area contributed by atoms with E-state index in [0.29, 0.717) is 11.2 Å². The van der Waals surface area contributed by atoms with E-state index in [0.717, 1.165) is 24.0 Å². The van der Waals surface area contributed by atoms with Crippen LogP contribution in [0.15, 0.2) is 6.07 Å². The minimum Gasteiger partial charge on any atom is -0.296 e. The summed E-state index contributed by atoms with van der Waals surface area (Å²) < 4.78 is 0. The molecule has 0 aromatic carbocycles. The van der Waals surface area contributed by atoms with Crippen LogP contribution in [0.2, 0.25) is 5.15 Å². The van der Waals surface area contributed by atoms with Crippen molar-refractivity contribution in [3.63, 3.8) is 0 Å². The van der Waals surface area contributed by atoms with Crippen molar-refractivity contribution in [1.82, 2.24) is 14.9 Å². The van der Waals surface area contributed by atoms with Crippen LogP contribution in [0.5, 0.6) is 0 Å². The van der Waals surface area contributed by atoms with Crippen molar-refractivity contribution >= 4 is 11.6 Å². The summed E-state index contributed by atoms with van der Waals surface area (Å²) in [6.07, 6.45) is 6.65. The molecule has 106 valence electrons. The van der Waals surface area contributed by atoms with Gasteiger partial charge in [-0.1, -0.05) is 24.9 Å². The summed E-state index contributed by atoms with van der Waals surface area (Å²) in [6.45, 7) is 5.06. The number of aromatic nitrogens is 2. The standard InChI is InChI=1S/C15H24ClN3/c1-4-12-5-7-13(8-6-12)19(3)10-15-17-11(2)9-14(16)18-15/h9,12-13H,4-8,10H2,1-3H3. The van der Waals surface area contributed by atoms with Crippen molar-refractivity contribution in [3.05, 3.63) is 22.7 Å². The average molecular weight is 282 g/mol. The van der Waals surface area contributed by atoms with E-state index in [-0.39, 0.29) is 0 Å². The summed E-state index contributed by atoms with van der Waals surface area (Å²) in [4.78, 5) is 11.2. The molecule has 1 aliphatic carbocycles. The van der Waals surface area contributed by atoms with Crippen LogP contribution < -0.4 is 0 Å². The second-order valence-electron chi connectivity index (χ2n) is 5.75. The van der Waals surface area contributed by atoms with E-state index in [9.17, 15) is 0 Å². The lowest BCUT2D eigenvalue weighted by atomic mass is 9.84. The van der Waals surface area contributed by atoms with E-state index in [4.69, 9.17) is 11.6 Å². The minimum atomic E-state index is 0.547. The Labute approximate surface area is 121 Å². The number of nitrogens with zero attached hydrogens (tertiary/aromatic N) is 3. The van der Waals surface area contributed by atoms with E-state index in [1.54, 1.807) is 6.07 Å². The van der Waals surface area contributed by atoms with Crippen molar-refractivity contribution in [2.75, 3.05) is 7.05 Å². The van der Waals surface area contributed by atoms with Crippen molar-refractivity contribution in [2.24, 2.45) is 5.92 Å². The zero-order chi connectivity index (χ0) is 13.8. The molecule has 0 unspecified atom stereocenters. The Morgan fingerprint density at radius 2 is 1.95 bits per heavy atom. The van der Waals surface area contributed by atoms with E-state index in [1.807, 2.05) is 6.92 Å². The summed E-state index contributed by atoms with van der Waals surface area (Å²) in [7, 11) is 2.18. The van der Waals surface area contributed by atoms with Crippen LogP contribution in [-0.4, -0.2) is 28.0 Å². The van der Waals surface area contributed by atoms with Gasteiger partial charge in [0.05, 0.1) is 6.54 Å². The molecule has 2 rings (SSSR count). The predicted octanol–water partition coefficient (Wildman–Crippen LogP) is 3.84. The van der Waals surface area contributed by atoms with Gasteiger partial charge >= 0.3 is 0 Å². The molecule has 1 aromatic rings. The summed E-state index contributed by atoms with van der Waals surface area (Å²) >= 11 is 5.99. The predicted molar refractivity (Wildman–Crippen MR) is 79.3 cm³/mol. The normalized spacial score (nSPS) is 23.8. The molecule has 1 aliphatic rings. The maximum absolute atomic E-state index is 5.99. The quantitative estimate of drug-likeness (QED) is 0.785. The first kappa shape index (κ1) is 14.7. The highest BCUT2D eigenvalue weighted by Gasteiger charge is 2.23. The maximum Gasteiger partial charge on any atom is 0.144 e. The molecule has 1 heterocycles. The largest absolute Gasteiger partial charge is 0.296 e. The molecular formula is C15H24ClN3. The SMILES string of the molecule is CCC1CCC(N(C)Cc2nc(C)cc(Cl)n2)CC1. The Morgan fingerprint density at radius 3 is 2.53 bits per heavy atom. The number of hydrogen-bond acceptors (Lipinski definition) is 3. The topological polar surface area (TPSA) is 29.0 Å². The van der Waals surface area contributed by atoms with Gasteiger partial charge in [0.25, 0.3) is 0 Å². The second-order valence-corrected chi connectivity index (χ2v) is 6.13. The van der Waals surface area contributed by atoms with Crippen LogP contribution in [0.25, 0.3) is 0 Å². The fourth-order valence-corrected chi connectivity index (χ4v) is 3.26. The lowest BCUT2D eigenvalue weighted by molar-refractivity contribution is 0.154. The van der Waals surface area contributed by atoms with Gasteiger partial charge < -0.3 is 0 Å². The fraction of sp³-hybridized carbons (Fsp3) is 0.733. The number of aryl methyl sites for hydroxylation is 1. The minimum absolute atomic E-state index is 0.547. The first-order valence-corrected chi connectivity index (χ1v) is 7.66. The van der Waals surface area contributed by atoms with Crippen LogP contribution in [0.4, 0.5) is 0 Å². The first-order chi connectivity index (χ1) is 9.08. The highest BCUT2D eigenvalue weighted by molar-refractivity contribution is 6.29. The van der Waals surface area contributed by atoms with E-state index < -0.39 is 0 Å².